The summed E-state index contributed by atoms with van der Waals surface area (Å²) >= 11 is 0. The van der Waals surface area contributed by atoms with Crippen LogP contribution in [0.3, 0.4) is 0 Å². The molecule has 0 aliphatic rings. The van der Waals surface area contributed by atoms with Crippen LogP contribution in [0.4, 0.5) is 11.9 Å². The van der Waals surface area contributed by atoms with E-state index in [1.807, 2.05) is 0 Å². The van der Waals surface area contributed by atoms with Crippen molar-refractivity contribution in [2.45, 2.75) is 195 Å². The number of aryl methyl sites for hydroxylation is 1. The van der Waals surface area contributed by atoms with Gasteiger partial charge in [0.25, 0.3) is 0 Å². The van der Waals surface area contributed by atoms with Crippen molar-refractivity contribution in [2.24, 2.45) is 0 Å². The third kappa shape index (κ3) is 20.5. The van der Waals surface area contributed by atoms with E-state index in [4.69, 9.17) is 15.0 Å². The Balaban J connectivity index is 2.90. The molecule has 1 aromatic heterocycles. The van der Waals surface area contributed by atoms with Crippen molar-refractivity contribution in [3.05, 3.63) is 5.82 Å². The van der Waals surface area contributed by atoms with E-state index in [9.17, 15) is 0 Å². The van der Waals surface area contributed by atoms with Crippen LogP contribution in [0.5, 0.6) is 0 Å². The predicted molar refractivity (Wildman–Crippen MR) is 187 cm³/mol. The summed E-state index contributed by atoms with van der Waals surface area (Å²) in [6.45, 7) is 15.5. The fraction of sp³-hybridized carbons (Fsp3) is 0.919. The van der Waals surface area contributed by atoms with Gasteiger partial charge in [0.1, 0.15) is 5.82 Å². The zero-order chi connectivity index (χ0) is 30.5. The number of rotatable bonds is 31. The van der Waals surface area contributed by atoms with E-state index in [2.05, 4.69) is 44.4 Å². The number of nitrogens with zero attached hydrogens (tertiary/aromatic N) is 5. The Morgan fingerprint density at radius 2 is 0.571 bits per heavy atom. The van der Waals surface area contributed by atoms with Crippen LogP contribution < -0.4 is 9.80 Å². The zero-order valence-corrected chi connectivity index (χ0v) is 29.2. The maximum absolute atomic E-state index is 5.19. The van der Waals surface area contributed by atoms with Gasteiger partial charge >= 0.3 is 0 Å². The monoisotopic (exact) mass is 588 g/mol. The largest absolute Gasteiger partial charge is 0.341 e. The van der Waals surface area contributed by atoms with Crippen LogP contribution in [-0.4, -0.2) is 41.1 Å². The van der Waals surface area contributed by atoms with E-state index >= 15 is 0 Å². The molecule has 0 N–H and O–H groups in total. The Bertz CT molecular complexity index is 693. The minimum Gasteiger partial charge on any atom is -0.341 e. The second kappa shape index (κ2) is 28.4. The molecule has 0 unspecified atom stereocenters. The molecular weight excluding hydrogens is 514 g/mol. The topological polar surface area (TPSA) is 45.2 Å². The lowest BCUT2D eigenvalue weighted by molar-refractivity contribution is 0.560. The molecule has 0 aliphatic carbocycles. The van der Waals surface area contributed by atoms with Crippen LogP contribution in [-0.2, 0) is 0 Å². The van der Waals surface area contributed by atoms with Gasteiger partial charge in [0, 0.05) is 26.2 Å². The van der Waals surface area contributed by atoms with Gasteiger partial charge in [-0.25, -0.2) is 0 Å². The summed E-state index contributed by atoms with van der Waals surface area (Å²) in [5, 5.41) is 0. The second-order valence-corrected chi connectivity index (χ2v) is 12.9. The third-order valence-electron chi connectivity index (χ3n) is 8.67. The minimum absolute atomic E-state index is 0.874. The van der Waals surface area contributed by atoms with Gasteiger partial charge in [0.2, 0.25) is 11.9 Å². The second-order valence-electron chi connectivity index (χ2n) is 12.9. The summed E-state index contributed by atoms with van der Waals surface area (Å²) in [5.41, 5.74) is 0. The fourth-order valence-corrected chi connectivity index (χ4v) is 5.87. The highest BCUT2D eigenvalue weighted by Gasteiger charge is 2.16. The highest BCUT2D eigenvalue weighted by atomic mass is 15.3. The molecule has 5 nitrogen and oxygen atoms in total. The number of hydrogen-bond acceptors (Lipinski definition) is 5. The van der Waals surface area contributed by atoms with Crippen molar-refractivity contribution in [1.82, 2.24) is 15.0 Å². The Kier molecular flexibility index (Phi) is 26.1. The molecular formula is C37H73N5. The fourth-order valence-electron chi connectivity index (χ4n) is 5.87. The molecule has 1 heterocycles. The van der Waals surface area contributed by atoms with Gasteiger partial charge in [0.15, 0.2) is 0 Å². The average Bonchev–Trinajstić information content (AvgIpc) is 2.99. The predicted octanol–water partition coefficient (Wildman–Crippen LogP) is 11.6. The number of aromatic nitrogens is 3. The first kappa shape index (κ1) is 38.6. The summed E-state index contributed by atoms with van der Waals surface area (Å²) in [6.07, 6.45) is 33.2. The van der Waals surface area contributed by atoms with Gasteiger partial charge in [-0.05, 0) is 32.6 Å². The number of hydrogen-bond donors (Lipinski definition) is 0. The van der Waals surface area contributed by atoms with Crippen LogP contribution in [0.15, 0.2) is 0 Å². The van der Waals surface area contributed by atoms with E-state index in [0.29, 0.717) is 0 Å². The van der Waals surface area contributed by atoms with Gasteiger partial charge in [-0.3, -0.25) is 0 Å². The maximum Gasteiger partial charge on any atom is 0.230 e. The first-order valence-corrected chi connectivity index (χ1v) is 18.9. The van der Waals surface area contributed by atoms with Crippen LogP contribution >= 0.6 is 0 Å². The van der Waals surface area contributed by atoms with Crippen molar-refractivity contribution in [2.75, 3.05) is 36.0 Å². The Labute approximate surface area is 263 Å². The van der Waals surface area contributed by atoms with E-state index < -0.39 is 0 Å². The first-order valence-electron chi connectivity index (χ1n) is 18.9. The molecule has 246 valence electrons. The van der Waals surface area contributed by atoms with Crippen molar-refractivity contribution in [1.29, 1.82) is 0 Å². The molecule has 0 aliphatic heterocycles. The summed E-state index contributed by atoms with van der Waals surface area (Å²) in [5.74, 6) is 2.72. The lowest BCUT2D eigenvalue weighted by Gasteiger charge is -2.27. The molecule has 0 amide bonds. The van der Waals surface area contributed by atoms with Crippen molar-refractivity contribution < 1.29 is 0 Å². The molecule has 0 bridgehead atoms. The normalized spacial score (nSPS) is 11.4. The quantitative estimate of drug-likeness (QED) is 0.0808. The molecule has 0 spiro atoms. The van der Waals surface area contributed by atoms with E-state index in [-0.39, 0.29) is 0 Å². The highest BCUT2D eigenvalue weighted by Crippen LogP contribution is 2.19. The maximum atomic E-state index is 5.19. The van der Waals surface area contributed by atoms with Crippen molar-refractivity contribution >= 4 is 11.9 Å². The highest BCUT2D eigenvalue weighted by molar-refractivity contribution is 5.39. The molecule has 0 radical (unpaired) electrons. The average molecular weight is 588 g/mol. The summed E-state index contributed by atoms with van der Waals surface area (Å²) in [6, 6.07) is 0. The van der Waals surface area contributed by atoms with Gasteiger partial charge in [-0.2, -0.15) is 15.0 Å². The van der Waals surface area contributed by atoms with Crippen LogP contribution in [0.1, 0.15) is 194 Å². The number of unbranched alkanes of at least 4 members (excludes halogenated alkanes) is 21. The van der Waals surface area contributed by atoms with E-state index in [0.717, 1.165) is 43.9 Å². The molecule has 0 saturated carbocycles. The SMILES string of the molecule is CCCCCCCCCN(CCCCCCCC)c1nc(C)nc(N(CCCCCCCC)CCCCCCCC)n1. The van der Waals surface area contributed by atoms with Crippen LogP contribution in [0, 0.1) is 6.92 Å². The summed E-state index contributed by atoms with van der Waals surface area (Å²) in [4.78, 5) is 20.0. The Morgan fingerprint density at radius 1 is 0.333 bits per heavy atom. The van der Waals surface area contributed by atoms with Crippen LogP contribution in [0.2, 0.25) is 0 Å². The molecule has 0 atom stereocenters. The molecule has 0 saturated heterocycles. The molecule has 0 fully saturated rings. The van der Waals surface area contributed by atoms with Gasteiger partial charge < -0.3 is 9.80 Å². The standard InChI is InChI=1S/C37H73N5/c1-6-10-14-18-22-26-30-34-42(33-29-25-21-17-13-9-4)37-39-35(5)38-36(40-37)41(31-27-23-19-15-11-7-2)32-28-24-20-16-12-8-3/h6-34H2,1-5H3. The molecule has 1 aromatic rings. The Hall–Kier alpha value is -1.39. The van der Waals surface area contributed by atoms with Crippen LogP contribution in [0.25, 0.3) is 0 Å². The summed E-state index contributed by atoms with van der Waals surface area (Å²) in [7, 11) is 0. The Morgan fingerprint density at radius 3 is 0.833 bits per heavy atom. The lowest BCUT2D eigenvalue weighted by atomic mass is 10.1. The first-order chi connectivity index (χ1) is 20.7. The van der Waals surface area contributed by atoms with Crippen molar-refractivity contribution in [3.63, 3.8) is 0 Å². The van der Waals surface area contributed by atoms with Gasteiger partial charge in [0.05, 0.1) is 0 Å². The summed E-state index contributed by atoms with van der Waals surface area (Å²) < 4.78 is 0. The van der Waals surface area contributed by atoms with E-state index in [1.165, 1.54) is 161 Å². The lowest BCUT2D eigenvalue weighted by Crippen LogP contribution is -2.32. The van der Waals surface area contributed by atoms with Gasteiger partial charge in [-0.1, -0.05) is 163 Å². The van der Waals surface area contributed by atoms with E-state index in [1.54, 1.807) is 0 Å². The molecule has 5 heteroatoms. The van der Waals surface area contributed by atoms with Crippen molar-refractivity contribution in [3.8, 4) is 0 Å². The molecule has 42 heavy (non-hydrogen) atoms. The third-order valence-corrected chi connectivity index (χ3v) is 8.67. The number of anilines is 2. The zero-order valence-electron chi connectivity index (χ0n) is 29.2. The minimum atomic E-state index is 0.874. The molecule has 1 rings (SSSR count). The van der Waals surface area contributed by atoms with Gasteiger partial charge in [-0.15, -0.1) is 0 Å². The smallest absolute Gasteiger partial charge is 0.230 e. The molecule has 0 aromatic carbocycles.